The van der Waals surface area contributed by atoms with E-state index in [2.05, 4.69) is 0 Å². The van der Waals surface area contributed by atoms with E-state index in [1.165, 1.54) is 0 Å². The average molecular weight is 199 g/mol. The number of nitrogens with two attached hydrogens (primary N) is 1. The molecule has 13 heavy (non-hydrogen) atoms. The Kier molecular flexibility index (Phi) is 6.99. The summed E-state index contributed by atoms with van der Waals surface area (Å²) in [6, 6.07) is 0. The molecule has 0 saturated carbocycles. The fraction of sp³-hybridized carbons (Fsp3) is 1.00. The van der Waals surface area contributed by atoms with E-state index in [0.717, 1.165) is 19.3 Å². The second-order valence-electron chi connectivity index (χ2n) is 2.83. The van der Waals surface area contributed by atoms with Gasteiger partial charge < -0.3 is 10.5 Å². The molecule has 2 nitrogen and oxygen atoms in total. The summed E-state index contributed by atoms with van der Waals surface area (Å²) in [5.74, 6) is 0. The number of hydrogen-bond donors (Lipinski definition) is 1. The van der Waals surface area contributed by atoms with Gasteiger partial charge in [0, 0.05) is 6.61 Å². The van der Waals surface area contributed by atoms with Crippen molar-refractivity contribution < 1.29 is 17.9 Å². The molecule has 0 fully saturated rings. The Morgan fingerprint density at radius 1 is 1.00 bits per heavy atom. The van der Waals surface area contributed by atoms with Crippen LogP contribution >= 0.6 is 0 Å². The molecule has 0 aromatic rings. The molecule has 0 aliphatic rings. The summed E-state index contributed by atoms with van der Waals surface area (Å²) in [5.41, 5.74) is 5.24. The summed E-state index contributed by atoms with van der Waals surface area (Å²) >= 11 is 0. The van der Waals surface area contributed by atoms with Gasteiger partial charge in [-0.1, -0.05) is 0 Å². The first-order valence-electron chi connectivity index (χ1n) is 4.41. The fourth-order valence-corrected chi connectivity index (χ4v) is 0.815. The van der Waals surface area contributed by atoms with Gasteiger partial charge in [0.05, 0.1) is 13.0 Å². The van der Waals surface area contributed by atoms with Gasteiger partial charge in [0.25, 0.3) is 0 Å². The highest BCUT2D eigenvalue weighted by atomic mass is 19.4. The molecule has 0 aliphatic carbocycles. The number of ether oxygens (including phenoxy) is 1. The standard InChI is InChI=1S/C8H16F3NO/c9-8(10,11)4-7-13-6-3-1-2-5-12/h1-7,12H2. The van der Waals surface area contributed by atoms with E-state index in [0.29, 0.717) is 13.2 Å². The molecule has 2 N–H and O–H groups in total. The van der Waals surface area contributed by atoms with Crippen molar-refractivity contribution >= 4 is 0 Å². The third-order valence-corrected chi connectivity index (χ3v) is 1.52. The first-order valence-corrected chi connectivity index (χ1v) is 4.41. The number of alkyl halides is 3. The highest BCUT2D eigenvalue weighted by molar-refractivity contribution is 4.48. The Labute approximate surface area is 76.2 Å². The molecule has 0 saturated heterocycles. The zero-order valence-corrected chi connectivity index (χ0v) is 7.57. The molecule has 80 valence electrons. The van der Waals surface area contributed by atoms with Gasteiger partial charge in [0.1, 0.15) is 0 Å². The van der Waals surface area contributed by atoms with Crippen LogP contribution in [0.5, 0.6) is 0 Å². The van der Waals surface area contributed by atoms with Crippen LogP contribution < -0.4 is 5.73 Å². The van der Waals surface area contributed by atoms with E-state index in [1.54, 1.807) is 0 Å². The number of halogens is 3. The quantitative estimate of drug-likeness (QED) is 0.637. The molecule has 5 heteroatoms. The lowest BCUT2D eigenvalue weighted by Crippen LogP contribution is -2.12. The lowest BCUT2D eigenvalue weighted by atomic mass is 10.2. The fourth-order valence-electron chi connectivity index (χ4n) is 0.815. The van der Waals surface area contributed by atoms with Crippen LogP contribution in [0.2, 0.25) is 0 Å². The predicted octanol–water partition coefficient (Wildman–Crippen LogP) is 2.08. The van der Waals surface area contributed by atoms with E-state index in [-0.39, 0.29) is 6.61 Å². The molecule has 0 spiro atoms. The first-order chi connectivity index (χ1) is 6.06. The normalized spacial score (nSPS) is 12.0. The third-order valence-electron chi connectivity index (χ3n) is 1.52. The topological polar surface area (TPSA) is 35.2 Å². The van der Waals surface area contributed by atoms with Crippen LogP contribution in [0.25, 0.3) is 0 Å². The zero-order valence-electron chi connectivity index (χ0n) is 7.57. The van der Waals surface area contributed by atoms with E-state index < -0.39 is 12.6 Å². The lowest BCUT2D eigenvalue weighted by Gasteiger charge is -2.06. The van der Waals surface area contributed by atoms with Crippen LogP contribution in [0.4, 0.5) is 13.2 Å². The highest BCUT2D eigenvalue weighted by Crippen LogP contribution is 2.18. The number of rotatable bonds is 7. The Hall–Kier alpha value is -0.290. The van der Waals surface area contributed by atoms with Crippen LogP contribution in [0.1, 0.15) is 25.7 Å². The van der Waals surface area contributed by atoms with Crippen molar-refractivity contribution in [2.45, 2.75) is 31.9 Å². The Morgan fingerprint density at radius 2 is 1.69 bits per heavy atom. The summed E-state index contributed by atoms with van der Waals surface area (Å²) in [7, 11) is 0. The van der Waals surface area contributed by atoms with E-state index in [9.17, 15) is 13.2 Å². The highest BCUT2D eigenvalue weighted by Gasteiger charge is 2.26. The van der Waals surface area contributed by atoms with Gasteiger partial charge >= 0.3 is 6.18 Å². The van der Waals surface area contributed by atoms with Gasteiger partial charge in [-0.05, 0) is 25.8 Å². The van der Waals surface area contributed by atoms with Crippen LogP contribution in [0.15, 0.2) is 0 Å². The smallest absolute Gasteiger partial charge is 0.381 e. The maximum atomic E-state index is 11.6. The van der Waals surface area contributed by atoms with Crippen LogP contribution in [0, 0.1) is 0 Å². The Balaban J connectivity index is 3.00. The second-order valence-corrected chi connectivity index (χ2v) is 2.83. The minimum atomic E-state index is -4.10. The van der Waals surface area contributed by atoms with E-state index >= 15 is 0 Å². The van der Waals surface area contributed by atoms with Crippen LogP contribution in [-0.2, 0) is 4.74 Å². The largest absolute Gasteiger partial charge is 0.391 e. The summed E-state index contributed by atoms with van der Waals surface area (Å²) < 4.78 is 39.6. The minimum Gasteiger partial charge on any atom is -0.381 e. The van der Waals surface area contributed by atoms with Crippen molar-refractivity contribution in [3.05, 3.63) is 0 Å². The summed E-state index contributed by atoms with van der Waals surface area (Å²) in [6.07, 6.45) is -2.35. The van der Waals surface area contributed by atoms with Crippen molar-refractivity contribution in [3.8, 4) is 0 Å². The molecule has 0 aliphatic heterocycles. The van der Waals surface area contributed by atoms with Crippen molar-refractivity contribution in [2.24, 2.45) is 5.73 Å². The summed E-state index contributed by atoms with van der Waals surface area (Å²) in [4.78, 5) is 0. The van der Waals surface area contributed by atoms with E-state index in [4.69, 9.17) is 10.5 Å². The first kappa shape index (κ1) is 12.7. The molecule has 0 radical (unpaired) electrons. The SMILES string of the molecule is NCCCCCOCCC(F)(F)F. The Bertz CT molecular complexity index is 116. The summed E-state index contributed by atoms with van der Waals surface area (Å²) in [5, 5.41) is 0. The maximum Gasteiger partial charge on any atom is 0.391 e. The van der Waals surface area contributed by atoms with Gasteiger partial charge in [-0.3, -0.25) is 0 Å². The molecular weight excluding hydrogens is 183 g/mol. The lowest BCUT2D eigenvalue weighted by molar-refractivity contribution is -0.145. The van der Waals surface area contributed by atoms with Crippen LogP contribution in [0.3, 0.4) is 0 Å². The molecule has 0 atom stereocenters. The van der Waals surface area contributed by atoms with Crippen molar-refractivity contribution in [1.82, 2.24) is 0 Å². The van der Waals surface area contributed by atoms with Gasteiger partial charge in [0.15, 0.2) is 0 Å². The average Bonchev–Trinajstić information content (AvgIpc) is 2.01. The minimum absolute atomic E-state index is 0.230. The molecule has 0 rings (SSSR count). The maximum absolute atomic E-state index is 11.6. The molecular formula is C8H16F3NO. The Morgan fingerprint density at radius 3 is 2.23 bits per heavy atom. The number of hydrogen-bond acceptors (Lipinski definition) is 2. The van der Waals surface area contributed by atoms with E-state index in [1.807, 2.05) is 0 Å². The molecule has 0 aromatic carbocycles. The zero-order chi connectivity index (χ0) is 10.2. The molecule has 0 bridgehead atoms. The molecule has 0 unspecified atom stereocenters. The third kappa shape index (κ3) is 11.7. The van der Waals surface area contributed by atoms with Gasteiger partial charge in [-0.25, -0.2) is 0 Å². The molecule has 0 amide bonds. The monoisotopic (exact) mass is 199 g/mol. The van der Waals surface area contributed by atoms with Crippen molar-refractivity contribution in [1.29, 1.82) is 0 Å². The summed E-state index contributed by atoms with van der Waals surface area (Å²) in [6.45, 7) is 0.796. The van der Waals surface area contributed by atoms with Crippen molar-refractivity contribution in [3.63, 3.8) is 0 Å². The van der Waals surface area contributed by atoms with Gasteiger partial charge in [-0.15, -0.1) is 0 Å². The van der Waals surface area contributed by atoms with Crippen LogP contribution in [-0.4, -0.2) is 25.9 Å². The second kappa shape index (κ2) is 7.15. The molecule has 0 heterocycles. The number of unbranched alkanes of at least 4 members (excludes halogenated alkanes) is 2. The van der Waals surface area contributed by atoms with Gasteiger partial charge in [0.2, 0.25) is 0 Å². The molecule has 0 aromatic heterocycles. The predicted molar refractivity (Wildman–Crippen MR) is 44.4 cm³/mol. The van der Waals surface area contributed by atoms with Gasteiger partial charge in [-0.2, -0.15) is 13.2 Å². The van der Waals surface area contributed by atoms with Crippen molar-refractivity contribution in [2.75, 3.05) is 19.8 Å².